The highest BCUT2D eigenvalue weighted by Crippen LogP contribution is 2.32. The Morgan fingerprint density at radius 1 is 1.35 bits per heavy atom. The molecule has 0 N–H and O–H groups in total. The first-order valence-electron chi connectivity index (χ1n) is 8.54. The predicted octanol–water partition coefficient (Wildman–Crippen LogP) is 4.84. The molecule has 1 fully saturated rings. The molecule has 0 aliphatic carbocycles. The van der Waals surface area contributed by atoms with Gasteiger partial charge in [-0.15, -0.1) is 23.1 Å². The second kappa shape index (κ2) is 7.98. The molecular weight excluding hydrogens is 368 g/mol. The van der Waals surface area contributed by atoms with Crippen LogP contribution in [0.4, 0.5) is 4.79 Å². The average Bonchev–Trinajstić information content (AvgIpc) is 3.10. The van der Waals surface area contributed by atoms with Crippen molar-refractivity contribution in [2.45, 2.75) is 37.3 Å². The highest BCUT2D eigenvalue weighted by molar-refractivity contribution is 7.98. The Kier molecular flexibility index (Phi) is 5.89. The van der Waals surface area contributed by atoms with Gasteiger partial charge in [-0.05, 0) is 39.2 Å². The van der Waals surface area contributed by atoms with Crippen LogP contribution in [0.1, 0.15) is 31.8 Å². The molecule has 140 valence electrons. The first-order valence-corrected chi connectivity index (χ1v) is 10.6. The third-order valence-corrected chi connectivity index (χ3v) is 5.64. The van der Waals surface area contributed by atoms with Crippen LogP contribution in [0, 0.1) is 0 Å². The lowest BCUT2D eigenvalue weighted by Gasteiger charge is -2.35. The smallest absolute Gasteiger partial charge is 0.411 e. The van der Waals surface area contributed by atoms with E-state index in [1.165, 1.54) is 4.90 Å². The molecule has 1 aromatic carbocycles. The quantitative estimate of drug-likeness (QED) is 0.700. The lowest BCUT2D eigenvalue weighted by atomic mass is 10.2. The molecule has 26 heavy (non-hydrogen) atoms. The van der Waals surface area contributed by atoms with Gasteiger partial charge >= 0.3 is 6.09 Å². The van der Waals surface area contributed by atoms with E-state index in [9.17, 15) is 4.79 Å². The van der Waals surface area contributed by atoms with Crippen LogP contribution in [0.25, 0.3) is 11.3 Å². The molecule has 1 aliphatic rings. The number of thioether (sulfide) groups is 1. The Morgan fingerprint density at radius 3 is 2.73 bits per heavy atom. The zero-order chi connectivity index (χ0) is 18.7. The van der Waals surface area contributed by atoms with Crippen molar-refractivity contribution < 1.29 is 14.3 Å². The van der Waals surface area contributed by atoms with Gasteiger partial charge < -0.3 is 9.47 Å². The van der Waals surface area contributed by atoms with Gasteiger partial charge in [0.15, 0.2) is 0 Å². The van der Waals surface area contributed by atoms with Crippen LogP contribution in [0.2, 0.25) is 0 Å². The second-order valence-corrected chi connectivity index (χ2v) is 8.83. The molecule has 1 atom stereocenters. The lowest BCUT2D eigenvalue weighted by molar-refractivity contribution is -0.0331. The highest BCUT2D eigenvalue weighted by atomic mass is 32.2. The van der Waals surface area contributed by atoms with E-state index in [0.29, 0.717) is 19.8 Å². The zero-order valence-corrected chi connectivity index (χ0v) is 17.2. The fourth-order valence-corrected chi connectivity index (χ4v) is 4.02. The van der Waals surface area contributed by atoms with Crippen molar-refractivity contribution in [3.05, 3.63) is 34.7 Å². The van der Waals surface area contributed by atoms with E-state index in [0.717, 1.165) is 16.3 Å². The molecule has 2 heterocycles. The Hall–Kier alpha value is -1.57. The minimum absolute atomic E-state index is 0.206. The number of ether oxygens (including phenoxy) is 2. The van der Waals surface area contributed by atoms with Gasteiger partial charge in [0.2, 0.25) is 0 Å². The fraction of sp³-hybridized carbons (Fsp3) is 0.474. The molecule has 0 spiro atoms. The summed E-state index contributed by atoms with van der Waals surface area (Å²) >= 11 is 3.27. The van der Waals surface area contributed by atoms with Crippen molar-refractivity contribution in [1.82, 2.24) is 9.88 Å². The standard InChI is InChI=1S/C19H24N2O3S2/c1-19(2,3)24-18(22)21-9-10-23-11-16(21)17-20-15(12-26-17)13-5-7-14(25-4)8-6-13/h5-8,12,16H,9-11H2,1-4H3/t16-/m0/s1. The number of aromatic nitrogens is 1. The second-order valence-electron chi connectivity index (χ2n) is 7.06. The van der Waals surface area contributed by atoms with E-state index in [-0.39, 0.29) is 12.1 Å². The third kappa shape index (κ3) is 4.58. The molecule has 1 aromatic heterocycles. The number of thiazole rings is 1. The van der Waals surface area contributed by atoms with Crippen LogP contribution in [-0.2, 0) is 9.47 Å². The van der Waals surface area contributed by atoms with E-state index in [1.807, 2.05) is 26.2 Å². The molecule has 1 aliphatic heterocycles. The van der Waals surface area contributed by atoms with Crippen molar-refractivity contribution in [1.29, 1.82) is 0 Å². The van der Waals surface area contributed by atoms with Gasteiger partial charge in [-0.2, -0.15) is 0 Å². The maximum Gasteiger partial charge on any atom is 0.411 e. The largest absolute Gasteiger partial charge is 0.444 e. The number of amides is 1. The number of benzene rings is 1. The van der Waals surface area contributed by atoms with Gasteiger partial charge in [0.25, 0.3) is 0 Å². The van der Waals surface area contributed by atoms with E-state index < -0.39 is 5.60 Å². The van der Waals surface area contributed by atoms with E-state index in [1.54, 1.807) is 28.0 Å². The summed E-state index contributed by atoms with van der Waals surface area (Å²) in [5, 5.41) is 2.91. The monoisotopic (exact) mass is 392 g/mol. The summed E-state index contributed by atoms with van der Waals surface area (Å²) in [4.78, 5) is 20.3. The van der Waals surface area contributed by atoms with Crippen molar-refractivity contribution in [3.8, 4) is 11.3 Å². The normalized spacial score (nSPS) is 18.0. The van der Waals surface area contributed by atoms with Crippen molar-refractivity contribution in [2.24, 2.45) is 0 Å². The summed E-state index contributed by atoms with van der Waals surface area (Å²) in [5.74, 6) is 0. The first-order chi connectivity index (χ1) is 12.4. The summed E-state index contributed by atoms with van der Waals surface area (Å²) in [6, 6.07) is 8.13. The van der Waals surface area contributed by atoms with Crippen LogP contribution in [0.3, 0.4) is 0 Å². The molecule has 0 bridgehead atoms. The molecule has 2 aromatic rings. The maximum absolute atomic E-state index is 12.6. The summed E-state index contributed by atoms with van der Waals surface area (Å²) in [6.07, 6.45) is 1.75. The molecule has 1 saturated heterocycles. The van der Waals surface area contributed by atoms with E-state index in [2.05, 4.69) is 30.5 Å². The summed E-state index contributed by atoms with van der Waals surface area (Å²) in [6.45, 7) is 7.10. The number of nitrogens with zero attached hydrogens (tertiary/aromatic N) is 2. The Labute approximate surface area is 162 Å². The van der Waals surface area contributed by atoms with Gasteiger partial charge in [-0.3, -0.25) is 4.90 Å². The summed E-state index contributed by atoms with van der Waals surface area (Å²) in [7, 11) is 0. The highest BCUT2D eigenvalue weighted by Gasteiger charge is 2.33. The maximum atomic E-state index is 12.6. The minimum atomic E-state index is -0.521. The van der Waals surface area contributed by atoms with Crippen LogP contribution in [-0.4, -0.2) is 47.6 Å². The third-order valence-electron chi connectivity index (χ3n) is 3.95. The Morgan fingerprint density at radius 2 is 2.08 bits per heavy atom. The summed E-state index contributed by atoms with van der Waals surface area (Å²) < 4.78 is 11.2. The molecule has 7 heteroatoms. The number of morpholine rings is 1. The molecule has 0 saturated carbocycles. The Balaban J connectivity index is 1.80. The number of carbonyl (C=O) groups excluding carboxylic acids is 1. The van der Waals surface area contributed by atoms with Crippen molar-refractivity contribution in [2.75, 3.05) is 26.0 Å². The molecule has 5 nitrogen and oxygen atoms in total. The van der Waals surface area contributed by atoms with Gasteiger partial charge in [0.1, 0.15) is 16.7 Å². The van der Waals surface area contributed by atoms with Gasteiger partial charge in [0.05, 0.1) is 18.9 Å². The summed E-state index contributed by atoms with van der Waals surface area (Å²) in [5.41, 5.74) is 1.48. The van der Waals surface area contributed by atoms with Crippen LogP contribution >= 0.6 is 23.1 Å². The number of carbonyl (C=O) groups is 1. The van der Waals surface area contributed by atoms with Gasteiger partial charge in [-0.1, -0.05) is 12.1 Å². The van der Waals surface area contributed by atoms with E-state index in [4.69, 9.17) is 14.5 Å². The van der Waals surface area contributed by atoms with Gasteiger partial charge in [0, 0.05) is 22.4 Å². The van der Waals surface area contributed by atoms with Crippen molar-refractivity contribution in [3.63, 3.8) is 0 Å². The van der Waals surface area contributed by atoms with E-state index >= 15 is 0 Å². The van der Waals surface area contributed by atoms with Gasteiger partial charge in [-0.25, -0.2) is 9.78 Å². The van der Waals surface area contributed by atoms with Crippen LogP contribution < -0.4 is 0 Å². The fourth-order valence-electron chi connectivity index (χ4n) is 2.68. The van der Waals surface area contributed by atoms with Crippen molar-refractivity contribution >= 4 is 29.2 Å². The van der Waals surface area contributed by atoms with Crippen LogP contribution in [0.15, 0.2) is 34.5 Å². The minimum Gasteiger partial charge on any atom is -0.444 e. The molecule has 0 unspecified atom stereocenters. The topological polar surface area (TPSA) is 51.7 Å². The number of hydrogen-bond donors (Lipinski definition) is 0. The predicted molar refractivity (Wildman–Crippen MR) is 106 cm³/mol. The number of hydrogen-bond acceptors (Lipinski definition) is 6. The lowest BCUT2D eigenvalue weighted by Crippen LogP contribution is -2.45. The SMILES string of the molecule is CSc1ccc(-c2csc([C@@H]3COCCN3C(=O)OC(C)(C)C)n2)cc1. The zero-order valence-electron chi connectivity index (χ0n) is 15.5. The molecule has 1 amide bonds. The van der Waals surface area contributed by atoms with Crippen LogP contribution in [0.5, 0.6) is 0 Å². The Bertz CT molecular complexity index is 753. The first kappa shape index (κ1) is 19.2. The molecule has 3 rings (SSSR count). The number of rotatable bonds is 3. The molecule has 0 radical (unpaired) electrons. The average molecular weight is 393 g/mol. The molecular formula is C19H24N2O3S2.